The van der Waals surface area contributed by atoms with Crippen molar-refractivity contribution in [2.24, 2.45) is 0 Å². The third-order valence-electron chi connectivity index (χ3n) is 3.55. The third-order valence-corrected chi connectivity index (χ3v) is 5.31. The monoisotopic (exact) mass is 370 g/mol. The van der Waals surface area contributed by atoms with Gasteiger partial charge in [-0.25, -0.2) is 0 Å². The second kappa shape index (κ2) is 8.09. The van der Waals surface area contributed by atoms with Crippen molar-refractivity contribution in [3.8, 4) is 0 Å². The van der Waals surface area contributed by atoms with Gasteiger partial charge < -0.3 is 10.6 Å². The van der Waals surface area contributed by atoms with Crippen molar-refractivity contribution >= 4 is 45.9 Å². The molecule has 0 saturated heterocycles. The summed E-state index contributed by atoms with van der Waals surface area (Å²) in [6, 6.07) is 13.3. The fourth-order valence-electron chi connectivity index (χ4n) is 2.40. The van der Waals surface area contributed by atoms with E-state index in [4.69, 9.17) is 0 Å². The van der Waals surface area contributed by atoms with E-state index in [9.17, 15) is 9.59 Å². The van der Waals surface area contributed by atoms with Gasteiger partial charge in [-0.15, -0.1) is 22.7 Å². The molecule has 0 atom stereocenters. The average Bonchev–Trinajstić information content (AvgIpc) is 3.24. The molecule has 3 rings (SSSR count). The number of thiophene rings is 2. The van der Waals surface area contributed by atoms with E-state index in [1.807, 2.05) is 60.1 Å². The summed E-state index contributed by atoms with van der Waals surface area (Å²) in [5.74, 6) is -0.193. The molecule has 128 valence electrons. The normalized spacial score (nSPS) is 10.4. The number of amides is 2. The molecule has 0 aliphatic carbocycles. The van der Waals surface area contributed by atoms with Crippen molar-refractivity contribution in [2.45, 2.75) is 19.8 Å². The molecule has 0 bridgehead atoms. The highest BCUT2D eigenvalue weighted by atomic mass is 32.1. The van der Waals surface area contributed by atoms with E-state index in [0.29, 0.717) is 24.2 Å². The Kier molecular flexibility index (Phi) is 5.63. The quantitative estimate of drug-likeness (QED) is 0.672. The smallest absolute Gasteiger partial charge is 0.229 e. The van der Waals surface area contributed by atoms with E-state index in [2.05, 4.69) is 10.6 Å². The molecule has 0 fully saturated rings. The van der Waals surface area contributed by atoms with Gasteiger partial charge in [0.2, 0.25) is 11.8 Å². The van der Waals surface area contributed by atoms with E-state index in [-0.39, 0.29) is 11.8 Å². The number of hydrogen-bond donors (Lipinski definition) is 2. The highest BCUT2D eigenvalue weighted by Gasteiger charge is 2.12. The van der Waals surface area contributed by atoms with Gasteiger partial charge in [0.05, 0.1) is 24.2 Å². The van der Waals surface area contributed by atoms with Crippen LogP contribution in [0.5, 0.6) is 0 Å². The van der Waals surface area contributed by atoms with Crippen molar-refractivity contribution in [3.05, 3.63) is 68.5 Å². The van der Waals surface area contributed by atoms with Gasteiger partial charge in [-0.05, 0) is 47.5 Å². The first-order valence-electron chi connectivity index (χ1n) is 7.85. The fourth-order valence-corrected chi connectivity index (χ4v) is 3.81. The number of rotatable bonds is 6. The molecule has 2 heterocycles. The molecule has 0 saturated carbocycles. The maximum Gasteiger partial charge on any atom is 0.229 e. The van der Waals surface area contributed by atoms with Crippen LogP contribution in [0.4, 0.5) is 11.4 Å². The first-order chi connectivity index (χ1) is 12.1. The molecule has 0 aliphatic heterocycles. The number of anilines is 2. The van der Waals surface area contributed by atoms with Gasteiger partial charge in [0, 0.05) is 9.75 Å². The predicted molar refractivity (Wildman–Crippen MR) is 104 cm³/mol. The minimum Gasteiger partial charge on any atom is -0.324 e. The summed E-state index contributed by atoms with van der Waals surface area (Å²) in [6.07, 6.45) is 0.655. The molecule has 2 amide bonds. The summed E-state index contributed by atoms with van der Waals surface area (Å²) < 4.78 is 0. The Morgan fingerprint density at radius 1 is 0.840 bits per heavy atom. The standard InChI is InChI=1S/C19H18N2O2S2/c1-13-6-7-16(20-18(22)11-14-4-2-8-24-14)17(10-13)21-19(23)12-15-5-3-9-25-15/h2-10H,11-12H2,1H3,(H,20,22)(H,21,23). The number of carbonyl (C=O) groups excluding carboxylic acids is 2. The molecule has 0 unspecified atom stereocenters. The summed E-state index contributed by atoms with van der Waals surface area (Å²) >= 11 is 3.10. The lowest BCUT2D eigenvalue weighted by Gasteiger charge is -2.13. The summed E-state index contributed by atoms with van der Waals surface area (Å²) in [4.78, 5) is 26.5. The number of carbonyl (C=O) groups is 2. The Balaban J connectivity index is 1.69. The van der Waals surface area contributed by atoms with E-state index >= 15 is 0 Å². The Bertz CT molecular complexity index is 856. The largest absolute Gasteiger partial charge is 0.324 e. The zero-order valence-corrected chi connectivity index (χ0v) is 15.4. The maximum atomic E-state index is 12.3. The highest BCUT2D eigenvalue weighted by Crippen LogP contribution is 2.24. The summed E-state index contributed by atoms with van der Waals surface area (Å²) in [5, 5.41) is 9.70. The van der Waals surface area contributed by atoms with E-state index in [0.717, 1.165) is 15.3 Å². The molecule has 25 heavy (non-hydrogen) atoms. The molecule has 0 spiro atoms. The Morgan fingerprint density at radius 2 is 1.40 bits per heavy atom. The number of hydrogen-bond acceptors (Lipinski definition) is 4. The van der Waals surface area contributed by atoms with Crippen molar-refractivity contribution in [3.63, 3.8) is 0 Å². The van der Waals surface area contributed by atoms with Crippen LogP contribution in [0, 0.1) is 6.92 Å². The molecular formula is C19H18N2O2S2. The van der Waals surface area contributed by atoms with Gasteiger partial charge in [0.25, 0.3) is 0 Å². The lowest BCUT2D eigenvalue weighted by molar-refractivity contribution is -0.116. The van der Waals surface area contributed by atoms with Crippen LogP contribution < -0.4 is 10.6 Å². The van der Waals surface area contributed by atoms with Crippen molar-refractivity contribution in [1.29, 1.82) is 0 Å². The van der Waals surface area contributed by atoms with Crippen LogP contribution in [0.25, 0.3) is 0 Å². The lowest BCUT2D eigenvalue weighted by Crippen LogP contribution is -2.18. The molecule has 3 aromatic rings. The number of benzene rings is 1. The molecule has 4 nitrogen and oxygen atoms in total. The Morgan fingerprint density at radius 3 is 1.92 bits per heavy atom. The van der Waals surface area contributed by atoms with Gasteiger partial charge in [-0.1, -0.05) is 18.2 Å². The van der Waals surface area contributed by atoms with Gasteiger partial charge in [0.1, 0.15) is 0 Å². The first-order valence-corrected chi connectivity index (χ1v) is 9.61. The minimum atomic E-state index is -0.0972. The third kappa shape index (κ3) is 5.01. The van der Waals surface area contributed by atoms with E-state index < -0.39 is 0 Å². The Hall–Kier alpha value is -2.44. The fraction of sp³-hybridized carbons (Fsp3) is 0.158. The molecule has 0 aliphatic rings. The highest BCUT2D eigenvalue weighted by molar-refractivity contribution is 7.10. The summed E-state index contributed by atoms with van der Waals surface area (Å²) in [6.45, 7) is 1.95. The van der Waals surface area contributed by atoms with Gasteiger partial charge in [-0.2, -0.15) is 0 Å². The summed E-state index contributed by atoms with van der Waals surface area (Å²) in [5.41, 5.74) is 2.26. The van der Waals surface area contributed by atoms with Gasteiger partial charge in [0.15, 0.2) is 0 Å². The number of aryl methyl sites for hydroxylation is 1. The van der Waals surface area contributed by atoms with Gasteiger partial charge >= 0.3 is 0 Å². The molecule has 0 radical (unpaired) electrons. The molecule has 2 N–H and O–H groups in total. The van der Waals surface area contributed by atoms with Crippen LogP contribution in [-0.2, 0) is 22.4 Å². The topological polar surface area (TPSA) is 58.2 Å². The van der Waals surface area contributed by atoms with Crippen LogP contribution in [0.3, 0.4) is 0 Å². The second-order valence-electron chi connectivity index (χ2n) is 5.66. The minimum absolute atomic E-state index is 0.0956. The van der Waals surface area contributed by atoms with Crippen LogP contribution in [0.1, 0.15) is 15.3 Å². The lowest BCUT2D eigenvalue weighted by atomic mass is 10.1. The van der Waals surface area contributed by atoms with Crippen molar-refractivity contribution < 1.29 is 9.59 Å². The Labute approximate surface area is 154 Å². The first kappa shape index (κ1) is 17.4. The maximum absolute atomic E-state index is 12.3. The van der Waals surface area contributed by atoms with Crippen molar-refractivity contribution in [2.75, 3.05) is 10.6 Å². The zero-order valence-electron chi connectivity index (χ0n) is 13.7. The predicted octanol–water partition coefficient (Wildman–Crippen LogP) is 4.48. The average molecular weight is 370 g/mol. The molecule has 2 aromatic heterocycles. The molecule has 6 heteroatoms. The van der Waals surface area contributed by atoms with E-state index in [1.54, 1.807) is 22.7 Å². The second-order valence-corrected chi connectivity index (χ2v) is 7.72. The van der Waals surface area contributed by atoms with E-state index in [1.165, 1.54) is 0 Å². The zero-order chi connectivity index (χ0) is 17.6. The molecule has 1 aromatic carbocycles. The van der Waals surface area contributed by atoms with Crippen LogP contribution in [-0.4, -0.2) is 11.8 Å². The van der Waals surface area contributed by atoms with Crippen LogP contribution >= 0.6 is 22.7 Å². The van der Waals surface area contributed by atoms with Crippen LogP contribution in [0.15, 0.2) is 53.2 Å². The number of nitrogens with one attached hydrogen (secondary N) is 2. The summed E-state index contributed by atoms with van der Waals surface area (Å²) in [7, 11) is 0. The molecular weight excluding hydrogens is 352 g/mol. The van der Waals surface area contributed by atoms with Crippen molar-refractivity contribution in [1.82, 2.24) is 0 Å². The van der Waals surface area contributed by atoms with Crippen LogP contribution in [0.2, 0.25) is 0 Å². The SMILES string of the molecule is Cc1ccc(NC(=O)Cc2cccs2)c(NC(=O)Cc2cccs2)c1. The van der Waals surface area contributed by atoms with Gasteiger partial charge in [-0.3, -0.25) is 9.59 Å².